The summed E-state index contributed by atoms with van der Waals surface area (Å²) >= 11 is 3.60. The summed E-state index contributed by atoms with van der Waals surface area (Å²) in [6, 6.07) is 4.82. The summed E-state index contributed by atoms with van der Waals surface area (Å²) in [4.78, 5) is 7.14. The third-order valence-corrected chi connectivity index (χ3v) is 4.76. The zero-order valence-corrected chi connectivity index (χ0v) is 11.0. The number of aromatic nitrogens is 1. The fourth-order valence-corrected chi connectivity index (χ4v) is 3.51. The Kier molecular flexibility index (Phi) is 2.99. The second-order valence-corrected chi connectivity index (χ2v) is 5.86. The van der Waals surface area contributed by atoms with Crippen molar-refractivity contribution in [3.63, 3.8) is 0 Å². The summed E-state index contributed by atoms with van der Waals surface area (Å²) in [5.41, 5.74) is 1.22. The van der Waals surface area contributed by atoms with Gasteiger partial charge in [0.1, 0.15) is 0 Å². The molecule has 3 saturated heterocycles. The topological polar surface area (TPSA) is 16.1 Å². The van der Waals surface area contributed by atoms with Crippen LogP contribution in [0.4, 0.5) is 0 Å². The number of fused-ring (bicyclic) bond motifs is 3. The van der Waals surface area contributed by atoms with Gasteiger partial charge in [0.05, 0.1) is 5.69 Å². The molecular weight excluding hydrogens is 264 g/mol. The molecule has 1 aromatic rings. The van der Waals surface area contributed by atoms with Crippen molar-refractivity contribution >= 4 is 15.9 Å². The van der Waals surface area contributed by atoms with Gasteiger partial charge in [0, 0.05) is 23.1 Å². The van der Waals surface area contributed by atoms with Crippen LogP contribution in [0.3, 0.4) is 0 Å². The molecule has 0 saturated carbocycles. The molecule has 0 spiro atoms. The van der Waals surface area contributed by atoms with Gasteiger partial charge in [0.2, 0.25) is 0 Å². The van der Waals surface area contributed by atoms with Crippen LogP contribution >= 0.6 is 15.9 Å². The van der Waals surface area contributed by atoms with Crippen LogP contribution < -0.4 is 0 Å². The molecule has 1 aromatic heterocycles. The van der Waals surface area contributed by atoms with E-state index in [9.17, 15) is 0 Å². The second-order valence-electron chi connectivity index (χ2n) is 5.00. The lowest BCUT2D eigenvalue weighted by Gasteiger charge is -2.45. The van der Waals surface area contributed by atoms with E-state index in [-0.39, 0.29) is 0 Å². The Labute approximate surface area is 105 Å². The molecule has 0 N–H and O–H groups in total. The SMILES string of the molecule is Brc1cccnc1CC1CC2CCN1CC2. The van der Waals surface area contributed by atoms with Crippen molar-refractivity contribution in [3.05, 3.63) is 28.5 Å². The molecule has 2 nitrogen and oxygen atoms in total. The highest BCUT2D eigenvalue weighted by Crippen LogP contribution is 2.33. The lowest BCUT2D eigenvalue weighted by atomic mass is 9.82. The normalized spacial score (nSPS) is 32.9. The maximum absolute atomic E-state index is 4.48. The average molecular weight is 281 g/mol. The van der Waals surface area contributed by atoms with Gasteiger partial charge in [-0.2, -0.15) is 0 Å². The predicted octanol–water partition coefficient (Wildman–Crippen LogP) is 2.87. The molecule has 16 heavy (non-hydrogen) atoms. The number of hydrogen-bond acceptors (Lipinski definition) is 2. The maximum atomic E-state index is 4.48. The Bertz CT molecular complexity index is 372. The van der Waals surface area contributed by atoms with E-state index < -0.39 is 0 Å². The molecule has 3 heteroatoms. The molecule has 86 valence electrons. The highest BCUT2D eigenvalue weighted by atomic mass is 79.9. The number of pyridine rings is 1. The minimum Gasteiger partial charge on any atom is -0.300 e. The lowest BCUT2D eigenvalue weighted by Crippen LogP contribution is -2.49. The maximum Gasteiger partial charge on any atom is 0.0560 e. The highest BCUT2D eigenvalue weighted by Gasteiger charge is 2.33. The Hall–Kier alpha value is -0.410. The molecule has 2 bridgehead atoms. The molecule has 3 aliphatic rings. The molecule has 3 aliphatic heterocycles. The predicted molar refractivity (Wildman–Crippen MR) is 68.3 cm³/mol. The van der Waals surface area contributed by atoms with Crippen molar-refractivity contribution in [2.75, 3.05) is 13.1 Å². The van der Waals surface area contributed by atoms with Crippen molar-refractivity contribution in [1.29, 1.82) is 0 Å². The number of halogens is 1. The molecule has 4 heterocycles. The minimum atomic E-state index is 0.735. The Morgan fingerprint density at radius 2 is 2.19 bits per heavy atom. The van der Waals surface area contributed by atoms with Crippen molar-refractivity contribution in [1.82, 2.24) is 9.88 Å². The molecule has 0 aliphatic carbocycles. The molecule has 0 amide bonds. The molecule has 4 rings (SSSR count). The first kappa shape index (κ1) is 10.7. The molecule has 0 radical (unpaired) electrons. The van der Waals surface area contributed by atoms with Crippen LogP contribution in [0.1, 0.15) is 25.0 Å². The quantitative estimate of drug-likeness (QED) is 0.828. The fourth-order valence-electron chi connectivity index (χ4n) is 3.09. The first-order valence-electron chi connectivity index (χ1n) is 6.16. The van der Waals surface area contributed by atoms with Crippen LogP contribution in [0.2, 0.25) is 0 Å². The Morgan fingerprint density at radius 3 is 2.81 bits per heavy atom. The van der Waals surface area contributed by atoms with Gasteiger partial charge < -0.3 is 0 Å². The van der Waals surface area contributed by atoms with Crippen LogP contribution in [0.5, 0.6) is 0 Å². The summed E-state index contributed by atoms with van der Waals surface area (Å²) in [5.74, 6) is 0.984. The van der Waals surface area contributed by atoms with Gasteiger partial charge in [-0.3, -0.25) is 9.88 Å². The van der Waals surface area contributed by atoms with Crippen LogP contribution in [-0.4, -0.2) is 29.0 Å². The van der Waals surface area contributed by atoms with Gasteiger partial charge >= 0.3 is 0 Å². The van der Waals surface area contributed by atoms with Gasteiger partial charge in [-0.25, -0.2) is 0 Å². The van der Waals surface area contributed by atoms with Crippen molar-refractivity contribution in [2.45, 2.75) is 31.7 Å². The van der Waals surface area contributed by atoms with Gasteiger partial charge in [0.15, 0.2) is 0 Å². The molecule has 0 aromatic carbocycles. The van der Waals surface area contributed by atoms with Gasteiger partial charge in [0.25, 0.3) is 0 Å². The third-order valence-electron chi connectivity index (χ3n) is 4.03. The zero-order chi connectivity index (χ0) is 11.0. The van der Waals surface area contributed by atoms with Crippen molar-refractivity contribution < 1.29 is 0 Å². The number of hydrogen-bond donors (Lipinski definition) is 0. The van der Waals surface area contributed by atoms with E-state index in [1.165, 1.54) is 38.0 Å². The third kappa shape index (κ3) is 2.03. The van der Waals surface area contributed by atoms with Crippen LogP contribution in [0, 0.1) is 5.92 Å². The first-order chi connectivity index (χ1) is 7.83. The summed E-state index contributed by atoms with van der Waals surface area (Å²) in [7, 11) is 0. The molecule has 1 atom stereocenters. The Balaban J connectivity index is 1.73. The van der Waals surface area contributed by atoms with E-state index in [0.29, 0.717) is 0 Å². The van der Waals surface area contributed by atoms with Gasteiger partial charge in [-0.1, -0.05) is 0 Å². The van der Waals surface area contributed by atoms with E-state index in [1.807, 2.05) is 12.3 Å². The highest BCUT2D eigenvalue weighted by molar-refractivity contribution is 9.10. The summed E-state index contributed by atoms with van der Waals surface area (Å²) in [5, 5.41) is 0. The van der Waals surface area contributed by atoms with Gasteiger partial charge in [-0.05, 0) is 66.3 Å². The zero-order valence-electron chi connectivity index (χ0n) is 9.40. The monoisotopic (exact) mass is 280 g/mol. The van der Waals surface area contributed by atoms with Crippen molar-refractivity contribution in [3.8, 4) is 0 Å². The van der Waals surface area contributed by atoms with Crippen LogP contribution in [0.25, 0.3) is 0 Å². The second kappa shape index (κ2) is 4.46. The fraction of sp³-hybridized carbons (Fsp3) is 0.615. The number of nitrogens with zero attached hydrogens (tertiary/aromatic N) is 2. The summed E-state index contributed by atoms with van der Waals surface area (Å²) < 4.78 is 1.16. The number of piperidine rings is 3. The van der Waals surface area contributed by atoms with E-state index in [0.717, 1.165) is 22.9 Å². The smallest absolute Gasteiger partial charge is 0.0560 e. The standard InChI is InChI=1S/C13H17BrN2/c14-12-2-1-5-15-13(12)9-11-8-10-3-6-16(11)7-4-10/h1-2,5,10-11H,3-4,6-9H2. The largest absolute Gasteiger partial charge is 0.300 e. The van der Waals surface area contributed by atoms with Crippen LogP contribution in [-0.2, 0) is 6.42 Å². The number of rotatable bonds is 2. The Morgan fingerprint density at radius 1 is 1.38 bits per heavy atom. The molecular formula is C13H17BrN2. The van der Waals surface area contributed by atoms with Gasteiger partial charge in [-0.15, -0.1) is 0 Å². The van der Waals surface area contributed by atoms with Crippen LogP contribution in [0.15, 0.2) is 22.8 Å². The first-order valence-corrected chi connectivity index (χ1v) is 6.95. The van der Waals surface area contributed by atoms with Crippen molar-refractivity contribution in [2.24, 2.45) is 5.92 Å². The summed E-state index contributed by atoms with van der Waals surface area (Å²) in [6.07, 6.45) is 7.22. The molecule has 3 fully saturated rings. The van der Waals surface area contributed by atoms with E-state index in [4.69, 9.17) is 0 Å². The average Bonchev–Trinajstić information content (AvgIpc) is 2.34. The minimum absolute atomic E-state index is 0.735. The van der Waals surface area contributed by atoms with E-state index in [2.05, 4.69) is 31.9 Å². The van der Waals surface area contributed by atoms with E-state index in [1.54, 1.807) is 0 Å². The van der Waals surface area contributed by atoms with E-state index >= 15 is 0 Å². The molecule has 1 unspecified atom stereocenters. The summed E-state index contributed by atoms with van der Waals surface area (Å²) in [6.45, 7) is 2.61. The lowest BCUT2D eigenvalue weighted by molar-refractivity contribution is 0.0493.